The van der Waals surface area contributed by atoms with Gasteiger partial charge in [-0.2, -0.15) is 0 Å². The maximum absolute atomic E-state index is 4.36. The molecule has 3 heterocycles. The standard InChI is InChI=1S/C12H16N6/c1-18-8-17-10-7-15-9(5-11(10)18)6-16-12-13-3-2-4-14-12/h2-4,8-9,15H,5-7H2,1H3,(H,13,14,16). The first-order chi connectivity index (χ1) is 8.83. The lowest BCUT2D eigenvalue weighted by Gasteiger charge is -2.24. The first-order valence-electron chi connectivity index (χ1n) is 6.06. The van der Waals surface area contributed by atoms with Crippen molar-refractivity contribution in [1.82, 2.24) is 24.8 Å². The van der Waals surface area contributed by atoms with Gasteiger partial charge in [-0.25, -0.2) is 15.0 Å². The summed E-state index contributed by atoms with van der Waals surface area (Å²) >= 11 is 0. The average molecular weight is 244 g/mol. The SMILES string of the molecule is Cn1cnc2c1CC(CNc1ncccn1)NC2. The summed E-state index contributed by atoms with van der Waals surface area (Å²) in [7, 11) is 2.04. The molecule has 0 saturated carbocycles. The summed E-state index contributed by atoms with van der Waals surface area (Å²) in [6.07, 6.45) is 6.33. The van der Waals surface area contributed by atoms with Crippen LogP contribution in [0.25, 0.3) is 0 Å². The molecule has 1 unspecified atom stereocenters. The van der Waals surface area contributed by atoms with E-state index >= 15 is 0 Å². The zero-order valence-corrected chi connectivity index (χ0v) is 10.3. The van der Waals surface area contributed by atoms with Crippen molar-refractivity contribution in [3.05, 3.63) is 36.2 Å². The molecule has 1 aliphatic heterocycles. The first-order valence-corrected chi connectivity index (χ1v) is 6.06. The van der Waals surface area contributed by atoms with Crippen LogP contribution in [0.2, 0.25) is 0 Å². The molecule has 0 radical (unpaired) electrons. The van der Waals surface area contributed by atoms with Crippen molar-refractivity contribution in [2.75, 3.05) is 11.9 Å². The highest BCUT2D eigenvalue weighted by atomic mass is 15.1. The van der Waals surface area contributed by atoms with Gasteiger partial charge in [-0.3, -0.25) is 0 Å². The Morgan fingerprint density at radius 1 is 1.39 bits per heavy atom. The number of fused-ring (bicyclic) bond motifs is 1. The van der Waals surface area contributed by atoms with E-state index in [1.54, 1.807) is 12.4 Å². The summed E-state index contributed by atoms with van der Waals surface area (Å²) in [4.78, 5) is 12.7. The van der Waals surface area contributed by atoms with Crippen LogP contribution >= 0.6 is 0 Å². The Bertz CT molecular complexity index is 521. The maximum Gasteiger partial charge on any atom is 0.222 e. The van der Waals surface area contributed by atoms with Gasteiger partial charge < -0.3 is 15.2 Å². The summed E-state index contributed by atoms with van der Waals surface area (Å²) in [5.74, 6) is 0.676. The molecule has 2 aromatic rings. The highest BCUT2D eigenvalue weighted by Gasteiger charge is 2.21. The average Bonchev–Trinajstić information content (AvgIpc) is 2.79. The van der Waals surface area contributed by atoms with Gasteiger partial charge in [0.1, 0.15) is 0 Å². The number of aromatic nitrogens is 4. The molecule has 6 nitrogen and oxygen atoms in total. The summed E-state index contributed by atoms with van der Waals surface area (Å²) in [6.45, 7) is 1.65. The molecular formula is C12H16N6. The number of nitrogens with zero attached hydrogens (tertiary/aromatic N) is 4. The van der Waals surface area contributed by atoms with Gasteiger partial charge in [-0.05, 0) is 6.07 Å². The van der Waals surface area contributed by atoms with E-state index in [0.29, 0.717) is 12.0 Å². The molecule has 2 N–H and O–H groups in total. The number of rotatable bonds is 3. The van der Waals surface area contributed by atoms with Gasteiger partial charge in [0.25, 0.3) is 0 Å². The van der Waals surface area contributed by atoms with Crippen LogP contribution in [0.4, 0.5) is 5.95 Å². The van der Waals surface area contributed by atoms with Gasteiger partial charge in [0.05, 0.1) is 12.0 Å². The second-order valence-electron chi connectivity index (χ2n) is 4.48. The van der Waals surface area contributed by atoms with Crippen molar-refractivity contribution in [1.29, 1.82) is 0 Å². The van der Waals surface area contributed by atoms with Crippen molar-refractivity contribution in [3.8, 4) is 0 Å². The monoisotopic (exact) mass is 244 g/mol. The third-order valence-corrected chi connectivity index (χ3v) is 3.22. The predicted octanol–water partition coefficient (Wildman–Crippen LogP) is 0.336. The minimum absolute atomic E-state index is 0.386. The fourth-order valence-electron chi connectivity index (χ4n) is 2.21. The maximum atomic E-state index is 4.36. The normalized spacial score (nSPS) is 18.4. The van der Waals surface area contributed by atoms with E-state index in [1.165, 1.54) is 5.69 Å². The number of anilines is 1. The van der Waals surface area contributed by atoms with E-state index < -0.39 is 0 Å². The second kappa shape index (κ2) is 4.73. The summed E-state index contributed by atoms with van der Waals surface area (Å²) < 4.78 is 2.10. The molecule has 3 rings (SSSR count). The van der Waals surface area contributed by atoms with Crippen molar-refractivity contribution in [2.45, 2.75) is 19.0 Å². The number of hydrogen-bond acceptors (Lipinski definition) is 5. The summed E-state index contributed by atoms with van der Waals surface area (Å²) in [6, 6.07) is 2.20. The van der Waals surface area contributed by atoms with Crippen LogP contribution in [0, 0.1) is 0 Å². The van der Waals surface area contributed by atoms with E-state index in [4.69, 9.17) is 0 Å². The third kappa shape index (κ3) is 2.19. The van der Waals surface area contributed by atoms with Crippen LogP contribution in [0.3, 0.4) is 0 Å². The van der Waals surface area contributed by atoms with Crippen LogP contribution in [-0.4, -0.2) is 32.1 Å². The Morgan fingerprint density at radius 3 is 3.06 bits per heavy atom. The minimum atomic E-state index is 0.386. The van der Waals surface area contributed by atoms with Crippen LogP contribution in [-0.2, 0) is 20.0 Å². The van der Waals surface area contributed by atoms with Crippen molar-refractivity contribution >= 4 is 5.95 Å². The zero-order valence-electron chi connectivity index (χ0n) is 10.3. The molecule has 0 bridgehead atoms. The topological polar surface area (TPSA) is 67.7 Å². The third-order valence-electron chi connectivity index (χ3n) is 3.22. The smallest absolute Gasteiger partial charge is 0.222 e. The van der Waals surface area contributed by atoms with Gasteiger partial charge in [0, 0.05) is 50.7 Å². The molecular weight excluding hydrogens is 228 g/mol. The van der Waals surface area contributed by atoms with Gasteiger partial charge in [-0.15, -0.1) is 0 Å². The highest BCUT2D eigenvalue weighted by molar-refractivity contribution is 5.24. The molecule has 18 heavy (non-hydrogen) atoms. The van der Waals surface area contributed by atoms with Crippen molar-refractivity contribution < 1.29 is 0 Å². The molecule has 0 aromatic carbocycles. The second-order valence-corrected chi connectivity index (χ2v) is 4.48. The lowest BCUT2D eigenvalue weighted by atomic mass is 10.1. The number of aryl methyl sites for hydroxylation is 1. The predicted molar refractivity (Wildman–Crippen MR) is 68.1 cm³/mol. The molecule has 94 valence electrons. The fraction of sp³-hybridized carbons (Fsp3) is 0.417. The Hall–Kier alpha value is -1.95. The largest absolute Gasteiger partial charge is 0.353 e. The molecule has 2 aromatic heterocycles. The van der Waals surface area contributed by atoms with E-state index in [-0.39, 0.29) is 0 Å². The molecule has 0 aliphatic carbocycles. The van der Waals surface area contributed by atoms with Gasteiger partial charge in [0.2, 0.25) is 5.95 Å². The Balaban J connectivity index is 1.61. The van der Waals surface area contributed by atoms with Crippen LogP contribution in [0.15, 0.2) is 24.8 Å². The fourth-order valence-corrected chi connectivity index (χ4v) is 2.21. The van der Waals surface area contributed by atoms with Gasteiger partial charge >= 0.3 is 0 Å². The van der Waals surface area contributed by atoms with Gasteiger partial charge in [-0.1, -0.05) is 0 Å². The number of hydrogen-bond donors (Lipinski definition) is 2. The highest BCUT2D eigenvalue weighted by Crippen LogP contribution is 2.14. The molecule has 6 heteroatoms. The molecule has 1 aliphatic rings. The molecule has 0 saturated heterocycles. The van der Waals surface area contributed by atoms with E-state index in [1.807, 2.05) is 19.4 Å². The van der Waals surface area contributed by atoms with Crippen LogP contribution < -0.4 is 10.6 Å². The first kappa shape index (κ1) is 11.2. The molecule has 0 amide bonds. The summed E-state index contributed by atoms with van der Waals surface area (Å²) in [5.41, 5.74) is 2.47. The zero-order chi connectivity index (χ0) is 12.4. The molecule has 0 fully saturated rings. The Labute approximate surface area is 105 Å². The van der Waals surface area contributed by atoms with Gasteiger partial charge in [0.15, 0.2) is 0 Å². The van der Waals surface area contributed by atoms with E-state index in [2.05, 4.69) is 30.2 Å². The van der Waals surface area contributed by atoms with E-state index in [9.17, 15) is 0 Å². The lowest BCUT2D eigenvalue weighted by molar-refractivity contribution is 0.479. The van der Waals surface area contributed by atoms with Crippen molar-refractivity contribution in [2.24, 2.45) is 7.05 Å². The van der Waals surface area contributed by atoms with Crippen LogP contribution in [0.1, 0.15) is 11.4 Å². The Morgan fingerprint density at radius 2 is 2.22 bits per heavy atom. The van der Waals surface area contributed by atoms with Crippen molar-refractivity contribution in [3.63, 3.8) is 0 Å². The minimum Gasteiger partial charge on any atom is -0.353 e. The molecule has 1 atom stereocenters. The summed E-state index contributed by atoms with van der Waals surface area (Å²) in [5, 5.41) is 6.71. The Kier molecular flexibility index (Phi) is 2.93. The molecule has 0 spiro atoms. The number of nitrogens with one attached hydrogen (secondary N) is 2. The van der Waals surface area contributed by atoms with Crippen LogP contribution in [0.5, 0.6) is 0 Å². The number of imidazole rings is 1. The lowest BCUT2D eigenvalue weighted by Crippen LogP contribution is -2.41. The quantitative estimate of drug-likeness (QED) is 0.814. The van der Waals surface area contributed by atoms with E-state index in [0.717, 1.165) is 25.2 Å².